The molecule has 2 rings (SSSR count). The Balaban J connectivity index is 1.95. The summed E-state index contributed by atoms with van der Waals surface area (Å²) in [6.45, 7) is 3.79. The highest BCUT2D eigenvalue weighted by Crippen LogP contribution is 2.20. The molecule has 3 nitrogen and oxygen atoms in total. The van der Waals surface area contributed by atoms with E-state index in [-0.39, 0.29) is 18.3 Å². The van der Waals surface area contributed by atoms with Crippen LogP contribution in [0.5, 0.6) is 0 Å². The number of carbonyl (C=O) groups is 1. The van der Waals surface area contributed by atoms with E-state index >= 15 is 0 Å². The highest BCUT2D eigenvalue weighted by atomic mass is 35.5. The summed E-state index contributed by atoms with van der Waals surface area (Å²) in [6.07, 6.45) is 0. The average molecular weight is 307 g/mol. The van der Waals surface area contributed by atoms with Crippen molar-refractivity contribution in [2.75, 3.05) is 17.2 Å². The van der Waals surface area contributed by atoms with Crippen molar-refractivity contribution in [1.29, 1.82) is 0 Å². The molecule has 0 radical (unpaired) electrons. The van der Waals surface area contributed by atoms with Gasteiger partial charge in [-0.2, -0.15) is 0 Å². The summed E-state index contributed by atoms with van der Waals surface area (Å²) in [4.78, 5) is 11.9. The van der Waals surface area contributed by atoms with Crippen molar-refractivity contribution >= 4 is 28.9 Å². The van der Waals surface area contributed by atoms with Gasteiger partial charge in [-0.25, -0.2) is 4.39 Å². The highest BCUT2D eigenvalue weighted by molar-refractivity contribution is 6.31. The second-order valence-corrected chi connectivity index (χ2v) is 5.23. The topological polar surface area (TPSA) is 41.1 Å². The first kappa shape index (κ1) is 15.3. The normalized spacial score (nSPS) is 10.3. The van der Waals surface area contributed by atoms with Gasteiger partial charge in [0.05, 0.1) is 6.54 Å². The Morgan fingerprint density at radius 1 is 1.14 bits per heavy atom. The lowest BCUT2D eigenvalue weighted by Gasteiger charge is -2.10. The number of benzene rings is 2. The van der Waals surface area contributed by atoms with Crippen molar-refractivity contribution < 1.29 is 9.18 Å². The molecule has 0 spiro atoms. The van der Waals surface area contributed by atoms with E-state index in [0.717, 1.165) is 11.1 Å². The van der Waals surface area contributed by atoms with E-state index in [1.165, 1.54) is 12.1 Å². The summed E-state index contributed by atoms with van der Waals surface area (Å²) in [7, 11) is 0. The summed E-state index contributed by atoms with van der Waals surface area (Å²) in [6, 6.07) is 9.73. The number of halogens is 2. The highest BCUT2D eigenvalue weighted by Gasteiger charge is 2.06. The standard InChI is InChI=1S/C16H16ClFN2O/c1-10-4-6-13(8-14(10)17)20-16(21)9-19-15-7-12(18)5-3-11(15)2/h3-8,19H,9H2,1-2H3,(H,20,21). The van der Waals surface area contributed by atoms with Crippen molar-refractivity contribution in [2.45, 2.75) is 13.8 Å². The lowest BCUT2D eigenvalue weighted by Crippen LogP contribution is -2.22. The number of nitrogens with one attached hydrogen (secondary N) is 2. The number of hydrogen-bond acceptors (Lipinski definition) is 2. The van der Waals surface area contributed by atoms with E-state index in [1.807, 2.05) is 19.9 Å². The minimum atomic E-state index is -0.339. The molecule has 5 heteroatoms. The lowest BCUT2D eigenvalue weighted by atomic mass is 10.2. The van der Waals surface area contributed by atoms with Crippen LogP contribution in [-0.4, -0.2) is 12.5 Å². The van der Waals surface area contributed by atoms with Crippen molar-refractivity contribution in [3.05, 3.63) is 58.4 Å². The zero-order valence-electron chi connectivity index (χ0n) is 11.8. The molecule has 2 aromatic rings. The number of rotatable bonds is 4. The van der Waals surface area contributed by atoms with Gasteiger partial charge in [-0.1, -0.05) is 23.7 Å². The third-order valence-corrected chi connectivity index (χ3v) is 3.50. The smallest absolute Gasteiger partial charge is 0.243 e. The van der Waals surface area contributed by atoms with Crippen LogP contribution in [0, 0.1) is 19.7 Å². The van der Waals surface area contributed by atoms with E-state index in [9.17, 15) is 9.18 Å². The zero-order valence-corrected chi connectivity index (χ0v) is 12.6. The fourth-order valence-electron chi connectivity index (χ4n) is 1.84. The monoisotopic (exact) mass is 306 g/mol. The van der Waals surface area contributed by atoms with Gasteiger partial charge in [0.25, 0.3) is 0 Å². The third-order valence-electron chi connectivity index (χ3n) is 3.09. The van der Waals surface area contributed by atoms with Crippen LogP contribution in [0.1, 0.15) is 11.1 Å². The average Bonchev–Trinajstić information content (AvgIpc) is 2.44. The fraction of sp³-hybridized carbons (Fsp3) is 0.188. The Bertz CT molecular complexity index is 673. The molecule has 0 saturated heterocycles. The summed E-state index contributed by atoms with van der Waals surface area (Å²) >= 11 is 6.00. The second kappa shape index (κ2) is 6.59. The molecule has 0 aromatic heterocycles. The quantitative estimate of drug-likeness (QED) is 0.891. The van der Waals surface area contributed by atoms with Crippen molar-refractivity contribution in [2.24, 2.45) is 0 Å². The van der Waals surface area contributed by atoms with Gasteiger partial charge in [0.2, 0.25) is 5.91 Å². The summed E-state index contributed by atoms with van der Waals surface area (Å²) in [5, 5.41) is 6.25. The summed E-state index contributed by atoms with van der Waals surface area (Å²) < 4.78 is 13.1. The third kappa shape index (κ3) is 4.20. The van der Waals surface area contributed by atoms with Gasteiger partial charge < -0.3 is 10.6 Å². The molecule has 0 aliphatic carbocycles. The van der Waals surface area contributed by atoms with Crippen molar-refractivity contribution in [1.82, 2.24) is 0 Å². The molecular weight excluding hydrogens is 291 g/mol. The molecule has 0 unspecified atom stereocenters. The lowest BCUT2D eigenvalue weighted by molar-refractivity contribution is -0.114. The minimum absolute atomic E-state index is 0.0514. The van der Waals surface area contributed by atoms with E-state index in [2.05, 4.69) is 10.6 Å². The van der Waals surface area contributed by atoms with Crippen LogP contribution in [0.4, 0.5) is 15.8 Å². The molecule has 0 saturated carbocycles. The molecule has 0 fully saturated rings. The van der Waals surface area contributed by atoms with Crippen LogP contribution >= 0.6 is 11.6 Å². The van der Waals surface area contributed by atoms with Gasteiger partial charge in [-0.05, 0) is 49.2 Å². The largest absolute Gasteiger partial charge is 0.376 e. The number of amides is 1. The van der Waals surface area contributed by atoms with E-state index in [0.29, 0.717) is 16.4 Å². The first-order valence-corrected chi connectivity index (χ1v) is 6.89. The van der Waals surface area contributed by atoms with E-state index in [4.69, 9.17) is 11.6 Å². The molecule has 21 heavy (non-hydrogen) atoms. The maximum Gasteiger partial charge on any atom is 0.243 e. The predicted octanol–water partition coefficient (Wildman–Crippen LogP) is 4.15. The molecule has 0 heterocycles. The van der Waals surface area contributed by atoms with Gasteiger partial charge in [-0.3, -0.25) is 4.79 Å². The van der Waals surface area contributed by atoms with Gasteiger partial charge in [-0.15, -0.1) is 0 Å². The molecule has 0 bridgehead atoms. The molecule has 1 amide bonds. The van der Waals surface area contributed by atoms with Crippen molar-refractivity contribution in [3.8, 4) is 0 Å². The molecule has 2 N–H and O–H groups in total. The molecule has 110 valence electrons. The Hall–Kier alpha value is -2.07. The maximum absolute atomic E-state index is 13.1. The van der Waals surface area contributed by atoms with Crippen LogP contribution in [0.3, 0.4) is 0 Å². The molecular formula is C16H16ClFN2O. The second-order valence-electron chi connectivity index (χ2n) is 4.82. The SMILES string of the molecule is Cc1ccc(NC(=O)CNc2cc(F)ccc2C)cc1Cl. The van der Waals surface area contributed by atoms with Crippen LogP contribution in [-0.2, 0) is 4.79 Å². The number of anilines is 2. The fourth-order valence-corrected chi connectivity index (χ4v) is 2.02. The Morgan fingerprint density at radius 3 is 2.57 bits per heavy atom. The zero-order chi connectivity index (χ0) is 15.4. The molecule has 2 aromatic carbocycles. The van der Waals surface area contributed by atoms with Crippen LogP contribution in [0.15, 0.2) is 36.4 Å². The minimum Gasteiger partial charge on any atom is -0.376 e. The van der Waals surface area contributed by atoms with Crippen LogP contribution < -0.4 is 10.6 Å². The van der Waals surface area contributed by atoms with E-state index in [1.54, 1.807) is 18.2 Å². The van der Waals surface area contributed by atoms with Gasteiger partial charge in [0, 0.05) is 16.4 Å². The number of aryl methyl sites for hydroxylation is 2. The summed E-state index contributed by atoms with van der Waals surface area (Å²) in [5.74, 6) is -0.563. The van der Waals surface area contributed by atoms with Crippen LogP contribution in [0.25, 0.3) is 0 Å². The van der Waals surface area contributed by atoms with Crippen LogP contribution in [0.2, 0.25) is 5.02 Å². The molecule has 0 aliphatic rings. The van der Waals surface area contributed by atoms with Crippen molar-refractivity contribution in [3.63, 3.8) is 0 Å². The number of hydrogen-bond donors (Lipinski definition) is 2. The Labute approximate surface area is 128 Å². The van der Waals surface area contributed by atoms with Gasteiger partial charge >= 0.3 is 0 Å². The predicted molar refractivity (Wildman–Crippen MR) is 84.4 cm³/mol. The first-order valence-electron chi connectivity index (χ1n) is 6.52. The summed E-state index contributed by atoms with van der Waals surface area (Å²) in [5.41, 5.74) is 3.06. The Kier molecular flexibility index (Phi) is 4.81. The number of carbonyl (C=O) groups excluding carboxylic acids is 1. The molecule has 0 aliphatic heterocycles. The van der Waals surface area contributed by atoms with Gasteiger partial charge in [0.1, 0.15) is 5.82 Å². The van der Waals surface area contributed by atoms with E-state index < -0.39 is 0 Å². The molecule has 0 atom stereocenters. The maximum atomic E-state index is 13.1. The van der Waals surface area contributed by atoms with Gasteiger partial charge in [0.15, 0.2) is 0 Å². The first-order chi connectivity index (χ1) is 9.95. The Morgan fingerprint density at radius 2 is 1.86 bits per heavy atom.